The molecule has 0 spiro atoms. The van der Waals surface area contributed by atoms with Crippen molar-refractivity contribution < 1.29 is 4.74 Å². The zero-order chi connectivity index (χ0) is 9.84. The van der Waals surface area contributed by atoms with Crippen molar-refractivity contribution in [3.63, 3.8) is 0 Å². The Morgan fingerprint density at radius 2 is 2.00 bits per heavy atom. The van der Waals surface area contributed by atoms with Crippen LogP contribution in [0.1, 0.15) is 32.4 Å². The van der Waals surface area contributed by atoms with E-state index < -0.39 is 0 Å². The van der Waals surface area contributed by atoms with Gasteiger partial charge in [0, 0.05) is 12.1 Å². The Kier molecular flexibility index (Phi) is 3.29. The molecule has 2 heteroatoms. The number of methoxy groups -OCH3 is 1. The zero-order valence-corrected chi connectivity index (χ0v) is 8.74. The first-order valence-corrected chi connectivity index (χ1v) is 4.65. The van der Waals surface area contributed by atoms with Crippen LogP contribution in [0.2, 0.25) is 0 Å². The summed E-state index contributed by atoms with van der Waals surface area (Å²) in [5.41, 5.74) is 1.06. The lowest BCUT2D eigenvalue weighted by molar-refractivity contribution is 0.394. The second-order valence-electron chi connectivity index (χ2n) is 3.62. The van der Waals surface area contributed by atoms with Gasteiger partial charge in [0.25, 0.3) is 0 Å². The van der Waals surface area contributed by atoms with Gasteiger partial charge in [-0.05, 0) is 18.1 Å². The van der Waals surface area contributed by atoms with E-state index >= 15 is 0 Å². The van der Waals surface area contributed by atoms with Crippen molar-refractivity contribution in [1.29, 1.82) is 0 Å². The van der Waals surface area contributed by atoms with Gasteiger partial charge in [0.2, 0.25) is 0 Å². The number of hydrogen-bond acceptors (Lipinski definition) is 2. The van der Waals surface area contributed by atoms with E-state index in [1.54, 1.807) is 7.11 Å². The largest absolute Gasteiger partial charge is 0.495 e. The molecule has 2 nitrogen and oxygen atoms in total. The van der Waals surface area contributed by atoms with Gasteiger partial charge in [-0.3, -0.25) is 4.98 Å². The minimum atomic E-state index is 0.441. The van der Waals surface area contributed by atoms with Crippen LogP contribution in [0.25, 0.3) is 0 Å². The monoisotopic (exact) mass is 179 g/mol. The van der Waals surface area contributed by atoms with E-state index in [1.807, 2.05) is 18.3 Å². The van der Waals surface area contributed by atoms with E-state index in [4.69, 9.17) is 4.74 Å². The Labute approximate surface area is 80.0 Å². The van der Waals surface area contributed by atoms with Crippen molar-refractivity contribution >= 4 is 0 Å². The lowest BCUT2D eigenvalue weighted by Crippen LogP contribution is -2.06. The predicted molar refractivity (Wildman–Crippen MR) is 54.0 cm³/mol. The van der Waals surface area contributed by atoms with Gasteiger partial charge in [-0.1, -0.05) is 20.8 Å². The molecule has 0 radical (unpaired) electrons. The average molecular weight is 179 g/mol. The van der Waals surface area contributed by atoms with Gasteiger partial charge in [0.15, 0.2) is 0 Å². The molecule has 1 unspecified atom stereocenters. The third-order valence-corrected chi connectivity index (χ3v) is 2.45. The first-order chi connectivity index (χ1) is 6.16. The minimum Gasteiger partial charge on any atom is -0.495 e. The molecule has 0 aliphatic rings. The summed E-state index contributed by atoms with van der Waals surface area (Å²) in [7, 11) is 1.69. The molecule has 0 bridgehead atoms. The summed E-state index contributed by atoms with van der Waals surface area (Å²) >= 11 is 0. The first kappa shape index (κ1) is 10.0. The van der Waals surface area contributed by atoms with Crippen LogP contribution >= 0.6 is 0 Å². The predicted octanol–water partition coefficient (Wildman–Crippen LogP) is 2.85. The summed E-state index contributed by atoms with van der Waals surface area (Å²) in [6.07, 6.45) is 1.82. The molecule has 1 aromatic heterocycles. The van der Waals surface area contributed by atoms with Crippen molar-refractivity contribution in [2.75, 3.05) is 7.11 Å². The van der Waals surface area contributed by atoms with Crippen LogP contribution in [0.5, 0.6) is 5.75 Å². The Morgan fingerprint density at radius 1 is 1.31 bits per heavy atom. The average Bonchev–Trinajstić information content (AvgIpc) is 2.16. The maximum absolute atomic E-state index is 5.25. The van der Waals surface area contributed by atoms with Crippen LogP contribution in [-0.4, -0.2) is 12.1 Å². The van der Waals surface area contributed by atoms with Crippen molar-refractivity contribution in [1.82, 2.24) is 4.98 Å². The first-order valence-electron chi connectivity index (χ1n) is 4.65. The molecular formula is C11H17NO. The number of aromatic nitrogens is 1. The number of ether oxygens (including phenoxy) is 1. The number of rotatable bonds is 3. The van der Waals surface area contributed by atoms with Crippen LogP contribution in [-0.2, 0) is 0 Å². The molecule has 0 aliphatic heterocycles. The lowest BCUT2D eigenvalue weighted by atomic mass is 9.94. The van der Waals surface area contributed by atoms with Gasteiger partial charge in [-0.25, -0.2) is 0 Å². The molecular weight excluding hydrogens is 162 g/mol. The maximum atomic E-state index is 5.25. The van der Waals surface area contributed by atoms with Crippen LogP contribution in [0.3, 0.4) is 0 Å². The normalized spacial score (nSPS) is 13.0. The van der Waals surface area contributed by atoms with E-state index in [-0.39, 0.29) is 0 Å². The lowest BCUT2D eigenvalue weighted by Gasteiger charge is -2.17. The topological polar surface area (TPSA) is 22.1 Å². The van der Waals surface area contributed by atoms with E-state index in [2.05, 4.69) is 25.8 Å². The zero-order valence-electron chi connectivity index (χ0n) is 8.74. The maximum Gasteiger partial charge on any atom is 0.140 e. The second-order valence-corrected chi connectivity index (χ2v) is 3.62. The fourth-order valence-corrected chi connectivity index (χ4v) is 1.23. The summed E-state index contributed by atoms with van der Waals surface area (Å²) in [5.74, 6) is 1.92. The van der Waals surface area contributed by atoms with Crippen molar-refractivity contribution in [2.45, 2.75) is 26.7 Å². The van der Waals surface area contributed by atoms with Gasteiger partial charge in [-0.2, -0.15) is 0 Å². The van der Waals surface area contributed by atoms with Gasteiger partial charge in [0.05, 0.1) is 12.8 Å². The van der Waals surface area contributed by atoms with E-state index in [0.29, 0.717) is 11.8 Å². The van der Waals surface area contributed by atoms with Crippen LogP contribution < -0.4 is 4.74 Å². The van der Waals surface area contributed by atoms with E-state index in [1.165, 1.54) is 0 Å². The van der Waals surface area contributed by atoms with Gasteiger partial charge in [-0.15, -0.1) is 0 Å². The molecule has 0 fully saturated rings. The molecule has 1 aromatic rings. The smallest absolute Gasteiger partial charge is 0.140 e. The molecule has 0 saturated heterocycles. The summed E-state index contributed by atoms with van der Waals surface area (Å²) < 4.78 is 5.25. The Bertz CT molecular complexity index is 271. The fourth-order valence-electron chi connectivity index (χ4n) is 1.23. The Hall–Kier alpha value is -1.05. The highest BCUT2D eigenvalue weighted by molar-refractivity contribution is 5.29. The molecule has 1 heterocycles. The van der Waals surface area contributed by atoms with E-state index in [9.17, 15) is 0 Å². The SMILES string of the molecule is COc1cccnc1C(C)C(C)C. The highest BCUT2D eigenvalue weighted by Crippen LogP contribution is 2.28. The van der Waals surface area contributed by atoms with Crippen molar-refractivity contribution in [3.8, 4) is 5.75 Å². The molecule has 0 aliphatic carbocycles. The molecule has 1 atom stereocenters. The number of nitrogens with zero attached hydrogens (tertiary/aromatic N) is 1. The molecule has 1 rings (SSSR count). The van der Waals surface area contributed by atoms with Gasteiger partial charge in [0.1, 0.15) is 5.75 Å². The third-order valence-electron chi connectivity index (χ3n) is 2.45. The summed E-state index contributed by atoms with van der Waals surface area (Å²) in [6, 6.07) is 3.86. The second kappa shape index (κ2) is 4.26. The Balaban J connectivity index is 2.98. The highest BCUT2D eigenvalue weighted by atomic mass is 16.5. The number of pyridine rings is 1. The van der Waals surface area contributed by atoms with E-state index in [0.717, 1.165) is 11.4 Å². The van der Waals surface area contributed by atoms with Gasteiger partial charge >= 0.3 is 0 Å². The molecule has 13 heavy (non-hydrogen) atoms. The Morgan fingerprint density at radius 3 is 2.54 bits per heavy atom. The molecule has 0 amide bonds. The van der Waals surface area contributed by atoms with Crippen LogP contribution in [0.15, 0.2) is 18.3 Å². The quantitative estimate of drug-likeness (QED) is 0.711. The van der Waals surface area contributed by atoms with Crippen molar-refractivity contribution in [3.05, 3.63) is 24.0 Å². The standard InChI is InChI=1S/C11H17NO/c1-8(2)9(3)11-10(13-4)6-5-7-12-11/h5-9H,1-4H3. The molecule has 72 valence electrons. The molecule has 0 N–H and O–H groups in total. The molecule has 0 aromatic carbocycles. The fraction of sp³-hybridized carbons (Fsp3) is 0.545. The number of hydrogen-bond donors (Lipinski definition) is 0. The molecule has 0 saturated carbocycles. The van der Waals surface area contributed by atoms with Gasteiger partial charge < -0.3 is 4.74 Å². The van der Waals surface area contributed by atoms with Crippen molar-refractivity contribution in [2.24, 2.45) is 5.92 Å². The van der Waals surface area contributed by atoms with Crippen LogP contribution in [0.4, 0.5) is 0 Å². The highest BCUT2D eigenvalue weighted by Gasteiger charge is 2.15. The third kappa shape index (κ3) is 2.20. The summed E-state index contributed by atoms with van der Waals surface area (Å²) in [5, 5.41) is 0. The summed E-state index contributed by atoms with van der Waals surface area (Å²) in [6.45, 7) is 6.56. The van der Waals surface area contributed by atoms with Crippen LogP contribution in [0, 0.1) is 5.92 Å². The minimum absolute atomic E-state index is 0.441. The summed E-state index contributed by atoms with van der Waals surface area (Å²) in [4.78, 5) is 4.35.